The van der Waals surface area contributed by atoms with Crippen molar-refractivity contribution < 1.29 is 23.5 Å². The van der Waals surface area contributed by atoms with E-state index in [0.29, 0.717) is 16.7 Å². The maximum Gasteiger partial charge on any atom is 0.339 e. The molecule has 164 valence electrons. The van der Waals surface area contributed by atoms with Crippen LogP contribution in [-0.2, 0) is 16.0 Å². The van der Waals surface area contributed by atoms with Gasteiger partial charge >= 0.3 is 11.6 Å². The molecule has 0 saturated carbocycles. The number of nitrogens with one attached hydrogen (secondary N) is 1. The Morgan fingerprint density at radius 1 is 0.969 bits per heavy atom. The molecule has 2 aromatic carbocycles. The molecule has 0 aliphatic carbocycles. The van der Waals surface area contributed by atoms with Gasteiger partial charge in [-0.05, 0) is 44.4 Å². The fraction of sp³-hybridized carbons (Fsp3) is 0.240. The highest BCUT2D eigenvalue weighted by atomic mass is 16.4. The van der Waals surface area contributed by atoms with Crippen molar-refractivity contribution in [3.05, 3.63) is 69.3 Å². The molecule has 0 unspecified atom stereocenters. The highest BCUT2D eigenvalue weighted by Gasteiger charge is 2.21. The predicted octanol–water partition coefficient (Wildman–Crippen LogP) is 4.26. The standard InChI is InChI=1S/C25H23NO6/c1-13-17(9-10-20(27)26-12-21(28)29)25(30)32-23-14(2)24-19(11-18(13)23)22(15(3)31-24)16-7-5-4-6-8-16/h4-8,11H,9-10,12H2,1-3H3,(H,26,27)(H,28,29). The topological polar surface area (TPSA) is 110 Å². The zero-order valence-electron chi connectivity index (χ0n) is 18.1. The summed E-state index contributed by atoms with van der Waals surface area (Å²) in [6.07, 6.45) is 0.147. The molecule has 0 spiro atoms. The summed E-state index contributed by atoms with van der Waals surface area (Å²) in [5.74, 6) is -0.779. The molecule has 0 atom stereocenters. The van der Waals surface area contributed by atoms with Crippen molar-refractivity contribution in [1.82, 2.24) is 5.32 Å². The summed E-state index contributed by atoms with van der Waals surface area (Å²) < 4.78 is 11.7. The summed E-state index contributed by atoms with van der Waals surface area (Å²) in [4.78, 5) is 35.2. The van der Waals surface area contributed by atoms with Gasteiger partial charge in [0.15, 0.2) is 0 Å². The fourth-order valence-electron chi connectivity index (χ4n) is 4.13. The largest absolute Gasteiger partial charge is 0.480 e. The molecular weight excluding hydrogens is 410 g/mol. The van der Waals surface area contributed by atoms with Gasteiger partial charge in [0.1, 0.15) is 23.5 Å². The van der Waals surface area contributed by atoms with Gasteiger partial charge in [0.2, 0.25) is 5.91 Å². The molecule has 7 nitrogen and oxygen atoms in total. The molecule has 0 fully saturated rings. The van der Waals surface area contributed by atoms with Crippen LogP contribution in [0.1, 0.15) is 28.9 Å². The van der Waals surface area contributed by atoms with E-state index in [0.717, 1.165) is 38.8 Å². The van der Waals surface area contributed by atoms with E-state index in [2.05, 4.69) is 5.32 Å². The lowest BCUT2D eigenvalue weighted by Crippen LogP contribution is -2.29. The number of fused-ring (bicyclic) bond motifs is 2. The highest BCUT2D eigenvalue weighted by Crippen LogP contribution is 2.39. The third-order valence-corrected chi connectivity index (χ3v) is 5.73. The molecule has 0 radical (unpaired) electrons. The average Bonchev–Trinajstić information content (AvgIpc) is 3.10. The Morgan fingerprint density at radius 2 is 1.66 bits per heavy atom. The normalized spacial score (nSPS) is 11.2. The molecule has 2 N–H and O–H groups in total. The van der Waals surface area contributed by atoms with Crippen molar-refractivity contribution >= 4 is 33.8 Å². The summed E-state index contributed by atoms with van der Waals surface area (Å²) in [5.41, 5.74) is 4.56. The van der Waals surface area contributed by atoms with Crippen molar-refractivity contribution in [1.29, 1.82) is 0 Å². The van der Waals surface area contributed by atoms with E-state index in [4.69, 9.17) is 13.9 Å². The van der Waals surface area contributed by atoms with Crippen molar-refractivity contribution in [3.8, 4) is 11.1 Å². The number of aryl methyl sites for hydroxylation is 3. The second kappa shape index (κ2) is 8.34. The maximum atomic E-state index is 12.7. The Kier molecular flexibility index (Phi) is 5.57. The molecule has 7 heteroatoms. The average molecular weight is 433 g/mol. The molecule has 1 amide bonds. The van der Waals surface area contributed by atoms with Crippen LogP contribution in [0.2, 0.25) is 0 Å². The van der Waals surface area contributed by atoms with Crippen molar-refractivity contribution in [2.75, 3.05) is 6.54 Å². The molecule has 4 aromatic rings. The van der Waals surface area contributed by atoms with Gasteiger partial charge in [-0.1, -0.05) is 30.3 Å². The number of hydrogen-bond acceptors (Lipinski definition) is 5. The van der Waals surface area contributed by atoms with Crippen LogP contribution < -0.4 is 10.9 Å². The lowest BCUT2D eigenvalue weighted by Gasteiger charge is -2.10. The van der Waals surface area contributed by atoms with Crippen LogP contribution in [0.15, 0.2) is 50.0 Å². The Bertz CT molecular complexity index is 1410. The zero-order valence-corrected chi connectivity index (χ0v) is 18.1. The van der Waals surface area contributed by atoms with Gasteiger partial charge in [-0.3, -0.25) is 9.59 Å². The first-order valence-electron chi connectivity index (χ1n) is 10.3. The minimum atomic E-state index is -1.12. The molecule has 0 aliphatic rings. The smallest absolute Gasteiger partial charge is 0.339 e. The van der Waals surface area contributed by atoms with Crippen molar-refractivity contribution in [3.63, 3.8) is 0 Å². The molecule has 32 heavy (non-hydrogen) atoms. The number of hydrogen-bond donors (Lipinski definition) is 2. The lowest BCUT2D eigenvalue weighted by atomic mass is 9.96. The molecule has 0 saturated heterocycles. The minimum Gasteiger partial charge on any atom is -0.480 e. The van der Waals surface area contributed by atoms with E-state index in [9.17, 15) is 14.4 Å². The van der Waals surface area contributed by atoms with E-state index >= 15 is 0 Å². The fourth-order valence-corrected chi connectivity index (χ4v) is 4.13. The van der Waals surface area contributed by atoms with Gasteiger partial charge in [0.25, 0.3) is 0 Å². The van der Waals surface area contributed by atoms with E-state index in [1.54, 1.807) is 0 Å². The number of amides is 1. The Balaban J connectivity index is 1.82. The van der Waals surface area contributed by atoms with Crippen LogP contribution in [0.4, 0.5) is 0 Å². The van der Waals surface area contributed by atoms with Crippen LogP contribution in [0.5, 0.6) is 0 Å². The molecule has 4 rings (SSSR count). The Labute approximate surface area is 183 Å². The van der Waals surface area contributed by atoms with E-state index in [1.807, 2.05) is 57.2 Å². The summed E-state index contributed by atoms with van der Waals surface area (Å²) in [5, 5.41) is 12.7. The van der Waals surface area contributed by atoms with Gasteiger partial charge in [-0.25, -0.2) is 4.79 Å². The summed E-state index contributed by atoms with van der Waals surface area (Å²) in [6, 6.07) is 11.9. The molecule has 2 heterocycles. The van der Waals surface area contributed by atoms with Crippen LogP contribution in [-0.4, -0.2) is 23.5 Å². The van der Waals surface area contributed by atoms with Crippen LogP contribution in [0, 0.1) is 20.8 Å². The number of benzene rings is 2. The van der Waals surface area contributed by atoms with E-state index in [1.165, 1.54) is 0 Å². The first-order chi connectivity index (χ1) is 15.3. The third kappa shape index (κ3) is 3.77. The lowest BCUT2D eigenvalue weighted by molar-refractivity contribution is -0.137. The molecular formula is C25H23NO6. The maximum absolute atomic E-state index is 12.7. The number of carboxylic acids is 1. The number of rotatable bonds is 6. The quantitative estimate of drug-likeness (QED) is 0.440. The van der Waals surface area contributed by atoms with E-state index in [-0.39, 0.29) is 12.8 Å². The number of carbonyl (C=O) groups excluding carboxylic acids is 1. The first-order valence-corrected chi connectivity index (χ1v) is 10.3. The predicted molar refractivity (Wildman–Crippen MR) is 121 cm³/mol. The first kappa shape index (κ1) is 21.4. The van der Waals surface area contributed by atoms with Crippen LogP contribution in [0.25, 0.3) is 33.1 Å². The summed E-state index contributed by atoms with van der Waals surface area (Å²) in [6.45, 7) is 5.16. The Morgan fingerprint density at radius 3 is 2.34 bits per heavy atom. The summed E-state index contributed by atoms with van der Waals surface area (Å²) >= 11 is 0. The summed E-state index contributed by atoms with van der Waals surface area (Å²) in [7, 11) is 0. The van der Waals surface area contributed by atoms with Crippen molar-refractivity contribution in [2.24, 2.45) is 0 Å². The van der Waals surface area contributed by atoms with Gasteiger partial charge < -0.3 is 19.3 Å². The van der Waals surface area contributed by atoms with Crippen LogP contribution >= 0.6 is 0 Å². The second-order valence-corrected chi connectivity index (χ2v) is 7.82. The minimum absolute atomic E-state index is 0.00824. The molecule has 0 aliphatic heterocycles. The zero-order chi connectivity index (χ0) is 23.0. The highest BCUT2D eigenvalue weighted by molar-refractivity contribution is 6.05. The van der Waals surface area contributed by atoms with Crippen molar-refractivity contribution in [2.45, 2.75) is 33.6 Å². The second-order valence-electron chi connectivity index (χ2n) is 7.82. The third-order valence-electron chi connectivity index (χ3n) is 5.73. The number of carboxylic acid groups (broad SMARTS) is 1. The van der Waals surface area contributed by atoms with Gasteiger partial charge in [-0.2, -0.15) is 0 Å². The van der Waals surface area contributed by atoms with Gasteiger partial charge in [0, 0.05) is 33.9 Å². The van der Waals surface area contributed by atoms with E-state index < -0.39 is 24.0 Å². The Hall–Kier alpha value is -3.87. The van der Waals surface area contributed by atoms with Crippen LogP contribution in [0.3, 0.4) is 0 Å². The van der Waals surface area contributed by atoms with Gasteiger partial charge in [-0.15, -0.1) is 0 Å². The number of aliphatic carboxylic acids is 1. The SMILES string of the molecule is Cc1oc2c(C)c3oc(=O)c(CCC(=O)NCC(=O)O)c(C)c3cc2c1-c1ccccc1. The monoisotopic (exact) mass is 433 g/mol. The molecule has 2 aromatic heterocycles. The number of furan rings is 1. The molecule has 0 bridgehead atoms. The van der Waals surface area contributed by atoms with Gasteiger partial charge in [0.05, 0.1) is 0 Å². The number of carbonyl (C=O) groups is 2.